The average Bonchev–Trinajstić information content (AvgIpc) is 2.99. The lowest BCUT2D eigenvalue weighted by Gasteiger charge is -2.63. The fraction of sp³-hybridized carbons (Fsp3) is 0.719. The first-order valence-electron chi connectivity index (χ1n) is 14.4. The molecule has 1 amide bonds. The summed E-state index contributed by atoms with van der Waals surface area (Å²) in [6.07, 6.45) is 7.36. The van der Waals surface area contributed by atoms with Crippen molar-refractivity contribution in [1.82, 2.24) is 5.32 Å². The number of nitrogens with one attached hydrogen (secondary N) is 1. The molecule has 8 atom stereocenters. The van der Waals surface area contributed by atoms with Crippen LogP contribution >= 0.6 is 0 Å². The van der Waals surface area contributed by atoms with Crippen molar-refractivity contribution in [3.63, 3.8) is 0 Å². The van der Waals surface area contributed by atoms with Crippen LogP contribution in [0.4, 0.5) is 0 Å². The van der Waals surface area contributed by atoms with Crippen LogP contribution in [0.25, 0.3) is 0 Å². The van der Waals surface area contributed by atoms with E-state index in [-0.39, 0.29) is 34.6 Å². The number of fused-ring (bicyclic) bond motifs is 5. The van der Waals surface area contributed by atoms with E-state index in [0.29, 0.717) is 38.5 Å². The van der Waals surface area contributed by atoms with Crippen molar-refractivity contribution in [1.29, 1.82) is 5.26 Å². The summed E-state index contributed by atoms with van der Waals surface area (Å²) in [5.41, 5.74) is -3.93. The van der Waals surface area contributed by atoms with Crippen LogP contribution in [0.15, 0.2) is 23.3 Å². The zero-order chi connectivity index (χ0) is 29.0. The van der Waals surface area contributed by atoms with Gasteiger partial charge in [-0.25, -0.2) is 0 Å². The van der Waals surface area contributed by atoms with E-state index in [1.165, 1.54) is 7.05 Å². The Labute approximate surface area is 231 Å². The van der Waals surface area contributed by atoms with Crippen molar-refractivity contribution in [3.05, 3.63) is 23.3 Å². The van der Waals surface area contributed by atoms with Gasteiger partial charge in [0, 0.05) is 24.3 Å². The highest BCUT2D eigenvalue weighted by Gasteiger charge is 2.77. The zero-order valence-electron chi connectivity index (χ0n) is 24.6. The first-order chi connectivity index (χ1) is 18.0. The minimum absolute atomic E-state index is 0.0377. The summed E-state index contributed by atoms with van der Waals surface area (Å²) < 4.78 is 6.36. The van der Waals surface area contributed by atoms with Gasteiger partial charge in [0.05, 0.1) is 11.0 Å². The van der Waals surface area contributed by atoms with Crippen LogP contribution in [0.2, 0.25) is 0 Å². The molecule has 39 heavy (non-hydrogen) atoms. The summed E-state index contributed by atoms with van der Waals surface area (Å²) in [5, 5.41) is 12.6. The van der Waals surface area contributed by atoms with Crippen molar-refractivity contribution >= 4 is 23.4 Å². The maximum atomic E-state index is 14.5. The van der Waals surface area contributed by atoms with E-state index in [0.717, 1.165) is 5.57 Å². The fourth-order valence-electron chi connectivity index (χ4n) is 9.88. The number of nitriles is 1. The molecule has 4 aliphatic carbocycles. The number of ketones is 2. The van der Waals surface area contributed by atoms with Crippen LogP contribution in [0.3, 0.4) is 0 Å². The molecule has 0 aromatic rings. The van der Waals surface area contributed by atoms with Crippen molar-refractivity contribution in [2.75, 3.05) is 7.05 Å². The van der Waals surface area contributed by atoms with E-state index >= 15 is 0 Å². The third kappa shape index (κ3) is 3.15. The Morgan fingerprint density at radius 3 is 2.33 bits per heavy atom. The van der Waals surface area contributed by atoms with Crippen LogP contribution in [0.1, 0.15) is 87.0 Å². The lowest BCUT2D eigenvalue weighted by molar-refractivity contribution is -0.177. The molecule has 210 valence electrons. The van der Waals surface area contributed by atoms with Crippen LogP contribution < -0.4 is 5.32 Å². The second kappa shape index (κ2) is 8.15. The molecule has 0 aromatic heterocycles. The Hall–Kier alpha value is -2.75. The number of hydrogen-bond acceptors (Lipinski definition) is 6. The van der Waals surface area contributed by atoms with Gasteiger partial charge in [0.25, 0.3) is 0 Å². The molecule has 5 aliphatic rings. The van der Waals surface area contributed by atoms with Crippen molar-refractivity contribution in [2.45, 2.75) is 92.6 Å². The third-order valence-corrected chi connectivity index (χ3v) is 11.7. The van der Waals surface area contributed by atoms with Crippen LogP contribution in [0.5, 0.6) is 0 Å². The molecule has 1 aliphatic heterocycles. The van der Waals surface area contributed by atoms with E-state index in [9.17, 15) is 24.4 Å². The number of nitrogens with zero attached hydrogens (tertiary/aromatic N) is 1. The third-order valence-electron chi connectivity index (χ3n) is 11.7. The Morgan fingerprint density at radius 1 is 1.13 bits per heavy atom. The summed E-state index contributed by atoms with van der Waals surface area (Å²) in [5.74, 6) is -2.13. The summed E-state index contributed by atoms with van der Waals surface area (Å²) in [6, 6.07) is 2.05. The Bertz CT molecular complexity index is 1300. The van der Waals surface area contributed by atoms with Gasteiger partial charge in [0.15, 0.2) is 17.2 Å². The molecule has 3 fully saturated rings. The summed E-state index contributed by atoms with van der Waals surface area (Å²) >= 11 is 0. The minimum atomic E-state index is -1.43. The SMILES string of the molecule is CC[C@@]12CCC3[C@](OC1=O)(C(=O)C=C1[C@@]4(C)C=C(C#N)C(=O)[C@@](C)(C(=O)NC)C4CC[C@]13C)C2CC(C)(C)C. The average molecular weight is 535 g/mol. The smallest absolute Gasteiger partial charge is 0.313 e. The lowest BCUT2D eigenvalue weighted by atomic mass is 9.38. The molecule has 0 aromatic carbocycles. The largest absolute Gasteiger partial charge is 0.450 e. The molecule has 5 rings (SSSR count). The molecular formula is C32H42N2O5. The van der Waals surface area contributed by atoms with Gasteiger partial charge in [0.2, 0.25) is 5.91 Å². The zero-order valence-corrected chi connectivity index (χ0v) is 24.6. The quantitative estimate of drug-likeness (QED) is 0.409. The van der Waals surface area contributed by atoms with Crippen LogP contribution in [-0.2, 0) is 23.9 Å². The molecule has 1 N–H and O–H groups in total. The number of allylic oxidation sites excluding steroid dienone is 3. The van der Waals surface area contributed by atoms with Gasteiger partial charge in [-0.2, -0.15) is 5.26 Å². The van der Waals surface area contributed by atoms with Gasteiger partial charge < -0.3 is 10.1 Å². The Kier molecular flexibility index (Phi) is 5.81. The summed E-state index contributed by atoms with van der Waals surface area (Å²) in [4.78, 5) is 54.9. The number of esters is 1. The molecule has 1 heterocycles. The summed E-state index contributed by atoms with van der Waals surface area (Å²) in [7, 11) is 1.51. The predicted octanol–water partition coefficient (Wildman–Crippen LogP) is 4.86. The molecule has 1 spiro atoms. The van der Waals surface area contributed by atoms with Gasteiger partial charge in [-0.1, -0.05) is 53.2 Å². The van der Waals surface area contributed by atoms with E-state index in [2.05, 4.69) is 33.0 Å². The number of amides is 1. The topological polar surface area (TPSA) is 113 Å². The number of carbonyl (C=O) groups excluding carboxylic acids is 4. The summed E-state index contributed by atoms with van der Waals surface area (Å²) in [6.45, 7) is 14.3. The highest BCUT2D eigenvalue weighted by Crippen LogP contribution is 2.73. The lowest BCUT2D eigenvalue weighted by Crippen LogP contribution is -2.67. The molecule has 3 unspecified atom stereocenters. The molecule has 2 bridgehead atoms. The molecule has 1 saturated heterocycles. The normalized spacial score (nSPS) is 44.7. The van der Waals surface area contributed by atoms with E-state index in [4.69, 9.17) is 4.74 Å². The van der Waals surface area contributed by atoms with Crippen LogP contribution in [0, 0.1) is 56.2 Å². The Balaban J connectivity index is 1.74. The monoisotopic (exact) mass is 534 g/mol. The van der Waals surface area contributed by atoms with Gasteiger partial charge in [0.1, 0.15) is 11.5 Å². The second-order valence-corrected chi connectivity index (χ2v) is 14.6. The maximum Gasteiger partial charge on any atom is 0.313 e. The van der Waals surface area contributed by atoms with Crippen LogP contribution in [-0.4, -0.2) is 36.1 Å². The van der Waals surface area contributed by atoms with Gasteiger partial charge in [-0.05, 0) is 68.3 Å². The molecule has 7 heteroatoms. The van der Waals surface area contributed by atoms with E-state index in [1.54, 1.807) is 19.1 Å². The van der Waals surface area contributed by atoms with E-state index < -0.39 is 44.9 Å². The first-order valence-corrected chi connectivity index (χ1v) is 14.4. The highest BCUT2D eigenvalue weighted by molar-refractivity contribution is 6.16. The van der Waals surface area contributed by atoms with Crippen molar-refractivity contribution in [2.24, 2.45) is 44.8 Å². The number of rotatable bonds is 3. The number of carbonyl (C=O) groups is 4. The highest BCUT2D eigenvalue weighted by atomic mass is 16.6. The maximum absolute atomic E-state index is 14.5. The van der Waals surface area contributed by atoms with Gasteiger partial charge in [-0.15, -0.1) is 0 Å². The number of ether oxygens (including phenoxy) is 1. The molecular weight excluding hydrogens is 492 g/mol. The molecule has 2 saturated carbocycles. The number of hydrogen-bond donors (Lipinski definition) is 1. The standard InChI is InChI=1S/C32H42N2O5/c1-9-31-13-11-20-28(5)12-10-19-29(6,15-18(17-33)24(36)30(19,7)25(37)34-8)21(28)14-23(35)32(20,39-26(31)38)22(31)16-27(2,3)4/h14-15,19-20,22H,9-13,16H2,1-8H3,(H,34,37)/t19?,20?,22?,28-,29-,30-,31-,32+/m0/s1. The van der Waals surface area contributed by atoms with Gasteiger partial charge in [-0.3, -0.25) is 19.2 Å². The van der Waals surface area contributed by atoms with E-state index in [1.807, 2.05) is 19.9 Å². The Morgan fingerprint density at radius 2 is 1.77 bits per heavy atom. The molecule has 0 radical (unpaired) electrons. The molecule has 7 nitrogen and oxygen atoms in total. The van der Waals surface area contributed by atoms with Crippen molar-refractivity contribution in [3.8, 4) is 6.07 Å². The number of Topliss-reactive ketones (excluding diaryl/α,β-unsaturated/α-hetero) is 1. The van der Waals surface area contributed by atoms with Gasteiger partial charge >= 0.3 is 5.97 Å². The second-order valence-electron chi connectivity index (χ2n) is 14.6. The predicted molar refractivity (Wildman–Crippen MR) is 145 cm³/mol. The fourth-order valence-corrected chi connectivity index (χ4v) is 9.88. The minimum Gasteiger partial charge on any atom is -0.450 e. The first kappa shape index (κ1) is 27.8. The van der Waals surface area contributed by atoms with Crippen molar-refractivity contribution < 1.29 is 23.9 Å².